The van der Waals surface area contributed by atoms with Gasteiger partial charge in [0, 0.05) is 6.42 Å². The molecule has 0 rings (SSSR count). The van der Waals surface area contributed by atoms with Crippen LogP contribution in [0.1, 0.15) is 61.3 Å². The fourth-order valence-electron chi connectivity index (χ4n) is 1.76. The predicted molar refractivity (Wildman–Crippen MR) is 82.4 cm³/mol. The molecule has 0 aromatic heterocycles. The molecule has 0 bridgehead atoms. The van der Waals surface area contributed by atoms with Crippen molar-refractivity contribution in [1.29, 1.82) is 0 Å². The van der Waals surface area contributed by atoms with Crippen molar-refractivity contribution < 1.29 is 19.7 Å². The molecule has 0 saturated heterocycles. The van der Waals surface area contributed by atoms with E-state index >= 15 is 0 Å². The SMILES string of the molecule is CC(CC(=O)OCC(C)(C)C)CC(C)(C)C.OCCO. The Morgan fingerprint density at radius 3 is 1.75 bits per heavy atom. The quantitative estimate of drug-likeness (QED) is 0.764. The third-order valence-corrected chi connectivity index (χ3v) is 2.24. The molecule has 1 atom stereocenters. The predicted octanol–water partition coefficient (Wildman–Crippen LogP) is 3.01. The molecule has 1 unspecified atom stereocenters. The molecule has 4 nitrogen and oxygen atoms in total. The van der Waals surface area contributed by atoms with Crippen molar-refractivity contribution in [2.45, 2.75) is 61.3 Å². The zero-order chi connectivity index (χ0) is 16.4. The third-order valence-electron chi connectivity index (χ3n) is 2.24. The van der Waals surface area contributed by atoms with Crippen molar-refractivity contribution in [3.8, 4) is 0 Å². The van der Waals surface area contributed by atoms with Gasteiger partial charge in [0.05, 0.1) is 19.8 Å². The van der Waals surface area contributed by atoms with Gasteiger partial charge in [-0.1, -0.05) is 48.5 Å². The fourth-order valence-corrected chi connectivity index (χ4v) is 1.76. The van der Waals surface area contributed by atoms with E-state index in [1.165, 1.54) is 0 Å². The van der Waals surface area contributed by atoms with Gasteiger partial charge in [-0.25, -0.2) is 0 Å². The molecule has 0 aromatic carbocycles. The molecule has 4 heteroatoms. The van der Waals surface area contributed by atoms with E-state index in [9.17, 15) is 4.79 Å². The highest BCUT2D eigenvalue weighted by atomic mass is 16.5. The van der Waals surface area contributed by atoms with E-state index in [1.807, 2.05) is 0 Å². The minimum absolute atomic E-state index is 0.0585. The Balaban J connectivity index is 0. The second-order valence-electron chi connectivity index (χ2n) is 7.74. The molecule has 2 N–H and O–H groups in total. The maximum atomic E-state index is 11.6. The van der Waals surface area contributed by atoms with Gasteiger partial charge in [-0.15, -0.1) is 0 Å². The van der Waals surface area contributed by atoms with Crippen LogP contribution in [0.15, 0.2) is 0 Å². The highest BCUT2D eigenvalue weighted by Gasteiger charge is 2.19. The van der Waals surface area contributed by atoms with Crippen LogP contribution in [0.4, 0.5) is 0 Å². The Hall–Kier alpha value is -0.610. The summed E-state index contributed by atoms with van der Waals surface area (Å²) in [6.45, 7) is 15.2. The molecule has 0 amide bonds. The third kappa shape index (κ3) is 19.7. The van der Waals surface area contributed by atoms with E-state index in [2.05, 4.69) is 48.5 Å². The normalized spacial score (nSPS) is 13.2. The zero-order valence-electron chi connectivity index (χ0n) is 14.3. The number of hydrogen-bond donors (Lipinski definition) is 2. The first kappa shape index (κ1) is 21.7. The van der Waals surface area contributed by atoms with Gasteiger partial charge in [0.2, 0.25) is 0 Å². The molecule has 0 aromatic rings. The second kappa shape index (κ2) is 10.2. The minimum Gasteiger partial charge on any atom is -0.465 e. The summed E-state index contributed by atoms with van der Waals surface area (Å²) >= 11 is 0. The Bertz CT molecular complexity index is 246. The van der Waals surface area contributed by atoms with Gasteiger partial charge in [-0.2, -0.15) is 0 Å². The van der Waals surface area contributed by atoms with Crippen molar-refractivity contribution >= 4 is 5.97 Å². The summed E-state index contributed by atoms with van der Waals surface area (Å²) in [5, 5.41) is 15.2. The number of carbonyl (C=O) groups is 1. The van der Waals surface area contributed by atoms with Gasteiger partial charge in [-0.05, 0) is 23.2 Å². The van der Waals surface area contributed by atoms with Gasteiger partial charge in [0.25, 0.3) is 0 Å². The molecule has 0 saturated carbocycles. The van der Waals surface area contributed by atoms with Crippen molar-refractivity contribution in [2.75, 3.05) is 19.8 Å². The van der Waals surface area contributed by atoms with Crippen LogP contribution in [-0.2, 0) is 9.53 Å². The number of rotatable bonds is 5. The van der Waals surface area contributed by atoms with Crippen LogP contribution < -0.4 is 0 Å². The monoisotopic (exact) mass is 290 g/mol. The number of esters is 1. The standard InChI is InChI=1S/C14H28O2.C2H6O2/c1-11(9-13(2,3)4)8-12(15)16-10-14(5,6)7;3-1-2-4/h11H,8-10H2,1-7H3;3-4H,1-2H2. The van der Waals surface area contributed by atoms with Gasteiger partial charge < -0.3 is 14.9 Å². The maximum absolute atomic E-state index is 11.6. The minimum atomic E-state index is -0.125. The molecule has 0 aliphatic heterocycles. The van der Waals surface area contributed by atoms with E-state index in [-0.39, 0.29) is 30.0 Å². The van der Waals surface area contributed by atoms with Crippen molar-refractivity contribution in [2.24, 2.45) is 16.7 Å². The second-order valence-corrected chi connectivity index (χ2v) is 7.74. The topological polar surface area (TPSA) is 66.8 Å². The summed E-state index contributed by atoms with van der Waals surface area (Å²) in [6, 6.07) is 0. The van der Waals surface area contributed by atoms with E-state index < -0.39 is 0 Å². The van der Waals surface area contributed by atoms with E-state index in [1.54, 1.807) is 0 Å². The summed E-state index contributed by atoms with van der Waals surface area (Å²) in [5.74, 6) is 0.333. The largest absolute Gasteiger partial charge is 0.465 e. The van der Waals surface area contributed by atoms with Crippen LogP contribution in [0.2, 0.25) is 0 Å². The molecule has 0 aliphatic rings. The number of carbonyl (C=O) groups excluding carboxylic acids is 1. The lowest BCUT2D eigenvalue weighted by Crippen LogP contribution is -2.21. The van der Waals surface area contributed by atoms with Gasteiger partial charge >= 0.3 is 5.97 Å². The summed E-state index contributed by atoms with van der Waals surface area (Å²) in [6.07, 6.45) is 1.59. The molecule has 0 heterocycles. The van der Waals surface area contributed by atoms with E-state index in [4.69, 9.17) is 14.9 Å². The number of aliphatic hydroxyl groups is 2. The molecular weight excluding hydrogens is 256 g/mol. The molecule has 0 aliphatic carbocycles. The van der Waals surface area contributed by atoms with Crippen LogP contribution in [0, 0.1) is 16.7 Å². The van der Waals surface area contributed by atoms with Crippen LogP contribution in [0.5, 0.6) is 0 Å². The van der Waals surface area contributed by atoms with Crippen LogP contribution >= 0.6 is 0 Å². The van der Waals surface area contributed by atoms with Crippen LogP contribution in [0.25, 0.3) is 0 Å². The highest BCUT2D eigenvalue weighted by molar-refractivity contribution is 5.69. The fraction of sp³-hybridized carbons (Fsp3) is 0.938. The average Bonchev–Trinajstić information content (AvgIpc) is 2.23. The van der Waals surface area contributed by atoms with E-state index in [0.29, 0.717) is 18.9 Å². The summed E-state index contributed by atoms with van der Waals surface area (Å²) in [7, 11) is 0. The first-order valence-corrected chi connectivity index (χ1v) is 7.28. The summed E-state index contributed by atoms with van der Waals surface area (Å²) in [5.41, 5.74) is 0.340. The highest BCUT2D eigenvalue weighted by Crippen LogP contribution is 2.26. The number of hydrogen-bond acceptors (Lipinski definition) is 4. The van der Waals surface area contributed by atoms with Gasteiger partial charge in [0.15, 0.2) is 0 Å². The molecule has 0 spiro atoms. The summed E-state index contributed by atoms with van der Waals surface area (Å²) < 4.78 is 5.25. The van der Waals surface area contributed by atoms with Crippen LogP contribution in [-0.4, -0.2) is 36.0 Å². The molecule has 122 valence electrons. The van der Waals surface area contributed by atoms with Crippen LogP contribution in [0.3, 0.4) is 0 Å². The van der Waals surface area contributed by atoms with Crippen molar-refractivity contribution in [3.05, 3.63) is 0 Å². The first-order valence-electron chi connectivity index (χ1n) is 7.28. The van der Waals surface area contributed by atoms with Crippen molar-refractivity contribution in [1.82, 2.24) is 0 Å². The molecule has 0 fully saturated rings. The Kier molecular flexibility index (Phi) is 11.0. The van der Waals surface area contributed by atoms with Gasteiger partial charge in [0.1, 0.15) is 0 Å². The van der Waals surface area contributed by atoms with E-state index in [0.717, 1.165) is 6.42 Å². The number of aliphatic hydroxyl groups excluding tert-OH is 2. The van der Waals surface area contributed by atoms with Crippen molar-refractivity contribution in [3.63, 3.8) is 0 Å². The Morgan fingerprint density at radius 2 is 1.45 bits per heavy atom. The average molecular weight is 290 g/mol. The Labute approximate surface area is 124 Å². The Morgan fingerprint density at radius 1 is 1.00 bits per heavy atom. The first-order chi connectivity index (χ1) is 8.91. The molecular formula is C16H34O4. The molecule has 0 radical (unpaired) electrons. The lowest BCUT2D eigenvalue weighted by atomic mass is 9.84. The smallest absolute Gasteiger partial charge is 0.306 e. The lowest BCUT2D eigenvalue weighted by molar-refractivity contribution is -0.147. The number of ether oxygens (including phenoxy) is 1. The summed E-state index contributed by atoms with van der Waals surface area (Å²) in [4.78, 5) is 11.6. The zero-order valence-corrected chi connectivity index (χ0v) is 14.3. The maximum Gasteiger partial charge on any atom is 0.306 e. The van der Waals surface area contributed by atoms with Gasteiger partial charge in [-0.3, -0.25) is 4.79 Å². The lowest BCUT2D eigenvalue weighted by Gasteiger charge is -2.23. The molecule has 20 heavy (non-hydrogen) atoms.